The Morgan fingerprint density at radius 1 is 0.667 bits per heavy atom. The molecule has 0 aromatic carbocycles. The highest BCUT2D eigenvalue weighted by atomic mass is 35.5. The van der Waals surface area contributed by atoms with Gasteiger partial charge in [-0.3, -0.25) is 4.98 Å². The largest absolute Gasteiger partial charge is 0.311 e. The Morgan fingerprint density at radius 3 is 1.52 bits per heavy atom. The third-order valence-electron chi connectivity index (χ3n) is 6.46. The monoisotopic (exact) mass is 391 g/mol. The van der Waals surface area contributed by atoms with Crippen molar-refractivity contribution in [2.45, 2.75) is 88.6 Å². The zero-order chi connectivity index (χ0) is 18.5. The average Bonchev–Trinajstić information content (AvgIpc) is 2.69. The van der Waals surface area contributed by atoms with Gasteiger partial charge in [0.2, 0.25) is 0 Å². The van der Waals surface area contributed by atoms with Gasteiger partial charge >= 0.3 is 0 Å². The summed E-state index contributed by atoms with van der Waals surface area (Å²) in [7, 11) is 0. The molecular weight excluding hydrogens is 358 g/mol. The molecule has 2 aliphatic carbocycles. The second-order valence-corrected chi connectivity index (χ2v) is 8.87. The van der Waals surface area contributed by atoms with Gasteiger partial charge in [-0.2, -0.15) is 0 Å². The highest BCUT2D eigenvalue weighted by molar-refractivity contribution is 6.30. The van der Waals surface area contributed by atoms with Crippen molar-refractivity contribution in [2.24, 2.45) is 0 Å². The van der Waals surface area contributed by atoms with Gasteiger partial charge in [0, 0.05) is 55.4 Å². The van der Waals surface area contributed by atoms with Crippen LogP contribution in [-0.2, 0) is 13.1 Å². The molecule has 2 saturated carbocycles. The first-order valence-electron chi connectivity index (χ1n) is 10.9. The molecule has 27 heavy (non-hydrogen) atoms. The Bertz CT molecular complexity index is 562. The lowest BCUT2D eigenvalue weighted by atomic mass is 9.89. The molecule has 0 spiro atoms. The SMILES string of the molecule is Clc1cc2nc(c1)CNC1CCCCC1NCCNC1CCCCC1NC2. The minimum atomic E-state index is 0.522. The van der Waals surface area contributed by atoms with Crippen molar-refractivity contribution in [2.75, 3.05) is 13.1 Å². The molecule has 1 aromatic rings. The molecular formula is C21H34ClN5. The maximum absolute atomic E-state index is 6.39. The maximum Gasteiger partial charge on any atom is 0.0560 e. The van der Waals surface area contributed by atoms with Gasteiger partial charge < -0.3 is 21.3 Å². The number of nitrogens with one attached hydrogen (secondary N) is 4. The van der Waals surface area contributed by atoms with Crippen LogP contribution in [0.15, 0.2) is 12.1 Å². The molecule has 3 aliphatic rings. The third-order valence-corrected chi connectivity index (χ3v) is 6.68. The van der Waals surface area contributed by atoms with Crippen molar-refractivity contribution >= 4 is 11.6 Å². The minimum absolute atomic E-state index is 0.522. The van der Waals surface area contributed by atoms with E-state index >= 15 is 0 Å². The van der Waals surface area contributed by atoms with E-state index in [1.54, 1.807) is 0 Å². The number of fused-ring (bicyclic) bond motifs is 4. The van der Waals surface area contributed by atoms with Crippen LogP contribution in [0.2, 0.25) is 5.02 Å². The molecule has 150 valence electrons. The predicted octanol–water partition coefficient (Wildman–Crippen LogP) is 2.73. The van der Waals surface area contributed by atoms with Crippen molar-refractivity contribution < 1.29 is 0 Å². The molecule has 2 heterocycles. The van der Waals surface area contributed by atoms with Crippen LogP contribution >= 0.6 is 11.6 Å². The first kappa shape index (κ1) is 19.6. The van der Waals surface area contributed by atoms with Gasteiger partial charge in [-0.15, -0.1) is 0 Å². The number of hydrogen-bond donors (Lipinski definition) is 4. The lowest BCUT2D eigenvalue weighted by Crippen LogP contribution is -2.53. The number of pyridine rings is 1. The summed E-state index contributed by atoms with van der Waals surface area (Å²) in [5.41, 5.74) is 2.11. The summed E-state index contributed by atoms with van der Waals surface area (Å²) in [4.78, 5) is 4.87. The normalized spacial score (nSPS) is 33.2. The summed E-state index contributed by atoms with van der Waals surface area (Å²) in [6.07, 6.45) is 10.3. The average molecular weight is 392 g/mol. The summed E-state index contributed by atoms with van der Waals surface area (Å²) >= 11 is 6.39. The van der Waals surface area contributed by atoms with E-state index in [1.165, 1.54) is 51.4 Å². The second-order valence-electron chi connectivity index (χ2n) is 8.43. The van der Waals surface area contributed by atoms with Crippen LogP contribution < -0.4 is 21.3 Å². The summed E-state index contributed by atoms with van der Waals surface area (Å²) in [5.74, 6) is 0. The van der Waals surface area contributed by atoms with Gasteiger partial charge in [0.25, 0.3) is 0 Å². The van der Waals surface area contributed by atoms with E-state index in [9.17, 15) is 0 Å². The molecule has 0 radical (unpaired) electrons. The molecule has 0 amide bonds. The molecule has 4 N–H and O–H groups in total. The van der Waals surface area contributed by atoms with Crippen LogP contribution in [0.3, 0.4) is 0 Å². The van der Waals surface area contributed by atoms with E-state index < -0.39 is 0 Å². The van der Waals surface area contributed by atoms with E-state index in [0.717, 1.165) is 42.6 Å². The van der Waals surface area contributed by atoms with Gasteiger partial charge in [0.15, 0.2) is 0 Å². The molecule has 2 bridgehead atoms. The Balaban J connectivity index is 1.51. The predicted molar refractivity (Wildman–Crippen MR) is 111 cm³/mol. The molecule has 5 nitrogen and oxygen atoms in total. The molecule has 4 atom stereocenters. The second kappa shape index (κ2) is 9.66. The highest BCUT2D eigenvalue weighted by Crippen LogP contribution is 2.21. The van der Waals surface area contributed by atoms with Crippen molar-refractivity contribution in [1.82, 2.24) is 26.3 Å². The van der Waals surface area contributed by atoms with E-state index in [2.05, 4.69) is 21.3 Å². The number of hydrogen-bond acceptors (Lipinski definition) is 5. The quantitative estimate of drug-likeness (QED) is 0.547. The van der Waals surface area contributed by atoms with Gasteiger partial charge in [0.05, 0.1) is 11.4 Å². The van der Waals surface area contributed by atoms with Gasteiger partial charge in [-0.25, -0.2) is 0 Å². The molecule has 4 rings (SSSR count). The van der Waals surface area contributed by atoms with E-state index in [4.69, 9.17) is 16.6 Å². The Morgan fingerprint density at radius 2 is 1.07 bits per heavy atom. The first-order chi connectivity index (χ1) is 13.3. The minimum Gasteiger partial charge on any atom is -0.311 e. The zero-order valence-corrected chi connectivity index (χ0v) is 17.0. The Kier molecular flexibility index (Phi) is 7.01. The maximum atomic E-state index is 6.39. The molecule has 2 fully saturated rings. The number of rotatable bonds is 0. The Hall–Kier alpha value is -0.720. The number of aromatic nitrogens is 1. The fraction of sp³-hybridized carbons (Fsp3) is 0.762. The van der Waals surface area contributed by atoms with Crippen LogP contribution in [0, 0.1) is 0 Å². The molecule has 1 aliphatic heterocycles. The van der Waals surface area contributed by atoms with Crippen LogP contribution in [0.4, 0.5) is 0 Å². The van der Waals surface area contributed by atoms with Crippen molar-refractivity contribution in [3.05, 3.63) is 28.5 Å². The summed E-state index contributed by atoms with van der Waals surface area (Å²) < 4.78 is 0. The van der Waals surface area contributed by atoms with Gasteiger partial charge in [-0.05, 0) is 37.8 Å². The Labute approximate surface area is 168 Å². The van der Waals surface area contributed by atoms with Gasteiger partial charge in [0.1, 0.15) is 0 Å². The smallest absolute Gasteiger partial charge is 0.0560 e. The van der Waals surface area contributed by atoms with E-state index in [0.29, 0.717) is 24.2 Å². The molecule has 4 unspecified atom stereocenters. The third kappa shape index (κ3) is 5.42. The molecule has 1 aromatic heterocycles. The van der Waals surface area contributed by atoms with Crippen molar-refractivity contribution in [3.8, 4) is 0 Å². The summed E-state index contributed by atoms with van der Waals surface area (Å²) in [6, 6.07) is 6.18. The molecule has 0 saturated heterocycles. The number of halogens is 1. The van der Waals surface area contributed by atoms with Crippen LogP contribution in [0.1, 0.15) is 62.8 Å². The summed E-state index contributed by atoms with van der Waals surface area (Å²) in [5, 5.41) is 15.9. The highest BCUT2D eigenvalue weighted by Gasteiger charge is 2.26. The van der Waals surface area contributed by atoms with Crippen molar-refractivity contribution in [3.63, 3.8) is 0 Å². The lowest BCUT2D eigenvalue weighted by molar-refractivity contribution is 0.266. The van der Waals surface area contributed by atoms with Crippen LogP contribution in [0.5, 0.6) is 0 Å². The fourth-order valence-corrected chi connectivity index (χ4v) is 5.27. The number of nitrogens with zero attached hydrogens (tertiary/aromatic N) is 1. The molecule has 6 heteroatoms. The van der Waals surface area contributed by atoms with E-state index in [-0.39, 0.29) is 0 Å². The van der Waals surface area contributed by atoms with Crippen LogP contribution in [0.25, 0.3) is 0 Å². The van der Waals surface area contributed by atoms with Gasteiger partial charge in [-0.1, -0.05) is 37.3 Å². The van der Waals surface area contributed by atoms with Crippen molar-refractivity contribution in [1.29, 1.82) is 0 Å². The zero-order valence-electron chi connectivity index (χ0n) is 16.3. The standard InChI is InChI=1S/C21H34ClN5/c22-15-11-16-13-25-20-7-3-1-5-18(20)23-9-10-24-19-6-2-4-8-21(19)26-14-17(12-15)27-16/h11-12,18-21,23-26H,1-10,13-14H2. The fourth-order valence-electron chi connectivity index (χ4n) is 5.02. The van der Waals surface area contributed by atoms with E-state index in [1.807, 2.05) is 12.1 Å². The topological polar surface area (TPSA) is 61.0 Å². The summed E-state index contributed by atoms with van der Waals surface area (Å²) in [6.45, 7) is 3.68. The first-order valence-corrected chi connectivity index (χ1v) is 11.2. The van der Waals surface area contributed by atoms with Crippen LogP contribution in [-0.4, -0.2) is 42.2 Å². The lowest BCUT2D eigenvalue weighted by Gasteiger charge is -2.34.